The van der Waals surface area contributed by atoms with Crippen molar-refractivity contribution in [2.45, 2.75) is 25.8 Å². The van der Waals surface area contributed by atoms with Crippen molar-refractivity contribution in [2.24, 2.45) is 11.7 Å². The van der Waals surface area contributed by atoms with E-state index in [4.69, 9.17) is 18.0 Å². The van der Waals surface area contributed by atoms with Crippen LogP contribution in [0.2, 0.25) is 0 Å². The van der Waals surface area contributed by atoms with Crippen molar-refractivity contribution >= 4 is 38.8 Å². The summed E-state index contributed by atoms with van der Waals surface area (Å²) >= 11 is 8.48. The van der Waals surface area contributed by atoms with E-state index in [1.165, 1.54) is 12.8 Å². The van der Waals surface area contributed by atoms with Gasteiger partial charge in [-0.05, 0) is 37.0 Å². The van der Waals surface area contributed by atoms with Crippen LogP contribution in [0.3, 0.4) is 0 Å². The van der Waals surface area contributed by atoms with Crippen LogP contribution in [0.25, 0.3) is 0 Å². The summed E-state index contributed by atoms with van der Waals surface area (Å²) in [4.78, 5) is 0.441. The molecule has 0 saturated heterocycles. The van der Waals surface area contributed by atoms with Crippen molar-refractivity contribution in [3.63, 3.8) is 0 Å². The Kier molecular flexibility index (Phi) is 3.50. The van der Waals surface area contributed by atoms with Crippen LogP contribution in [0.1, 0.15) is 25.3 Å². The maximum absolute atomic E-state index is 5.72. The molecule has 4 heteroatoms. The largest absolute Gasteiger partial charge is 0.389 e. The molecule has 0 spiro atoms. The molecule has 2 nitrogen and oxygen atoms in total. The zero-order valence-electron chi connectivity index (χ0n) is 9.16. The van der Waals surface area contributed by atoms with Crippen LogP contribution in [-0.4, -0.2) is 11.0 Å². The number of halogens is 1. The lowest BCUT2D eigenvalue weighted by Crippen LogP contribution is -2.34. The van der Waals surface area contributed by atoms with Crippen LogP contribution in [0.5, 0.6) is 0 Å². The number of hydrogen-bond acceptors (Lipinski definition) is 2. The SMILES string of the molecule is CC1CC(Nc2ccc(Br)cc2C(N)=S)C1. The van der Waals surface area contributed by atoms with E-state index in [1.807, 2.05) is 18.2 Å². The Bertz CT molecular complexity index is 413. The van der Waals surface area contributed by atoms with Gasteiger partial charge in [0.25, 0.3) is 0 Å². The number of nitrogens with one attached hydrogen (secondary N) is 1. The molecule has 0 aromatic heterocycles. The van der Waals surface area contributed by atoms with Gasteiger partial charge in [-0.15, -0.1) is 0 Å². The fourth-order valence-corrected chi connectivity index (χ4v) is 2.62. The lowest BCUT2D eigenvalue weighted by Gasteiger charge is -2.34. The summed E-state index contributed by atoms with van der Waals surface area (Å²) in [5.74, 6) is 0.834. The third-order valence-corrected chi connectivity index (χ3v) is 3.69. The van der Waals surface area contributed by atoms with Crippen molar-refractivity contribution in [1.82, 2.24) is 0 Å². The van der Waals surface area contributed by atoms with Crippen molar-refractivity contribution in [3.8, 4) is 0 Å². The summed E-state index contributed by atoms with van der Waals surface area (Å²) < 4.78 is 1.00. The molecule has 0 atom stereocenters. The van der Waals surface area contributed by atoms with Gasteiger partial charge in [0.2, 0.25) is 0 Å². The molecular weight excluding hydrogens is 284 g/mol. The third-order valence-electron chi connectivity index (χ3n) is 2.98. The van der Waals surface area contributed by atoms with Crippen molar-refractivity contribution in [2.75, 3.05) is 5.32 Å². The van der Waals surface area contributed by atoms with E-state index in [2.05, 4.69) is 28.2 Å². The topological polar surface area (TPSA) is 38.0 Å². The van der Waals surface area contributed by atoms with Crippen molar-refractivity contribution in [3.05, 3.63) is 28.2 Å². The number of benzene rings is 1. The minimum absolute atomic E-state index is 0.441. The van der Waals surface area contributed by atoms with E-state index in [0.717, 1.165) is 21.6 Å². The number of hydrogen-bond donors (Lipinski definition) is 2. The molecule has 0 radical (unpaired) electrons. The van der Waals surface area contributed by atoms with Gasteiger partial charge in [-0.1, -0.05) is 35.1 Å². The highest BCUT2D eigenvalue weighted by molar-refractivity contribution is 9.10. The highest BCUT2D eigenvalue weighted by Gasteiger charge is 2.25. The predicted octanol–water partition coefficient (Wildman–Crippen LogP) is 3.29. The molecule has 3 N–H and O–H groups in total. The van der Waals surface area contributed by atoms with E-state index in [0.29, 0.717) is 11.0 Å². The van der Waals surface area contributed by atoms with Gasteiger partial charge in [0, 0.05) is 21.8 Å². The summed E-state index contributed by atoms with van der Waals surface area (Å²) in [6.07, 6.45) is 2.46. The average molecular weight is 299 g/mol. The summed E-state index contributed by atoms with van der Waals surface area (Å²) in [7, 11) is 0. The summed E-state index contributed by atoms with van der Waals surface area (Å²) in [5, 5.41) is 3.50. The average Bonchev–Trinajstić information content (AvgIpc) is 2.17. The molecule has 1 aromatic carbocycles. The van der Waals surface area contributed by atoms with E-state index in [-0.39, 0.29) is 0 Å². The molecule has 86 valence electrons. The van der Waals surface area contributed by atoms with Crippen LogP contribution >= 0.6 is 28.1 Å². The van der Waals surface area contributed by atoms with E-state index >= 15 is 0 Å². The molecule has 0 unspecified atom stereocenters. The predicted molar refractivity (Wildman–Crippen MR) is 75.8 cm³/mol. The first-order valence-corrected chi connectivity index (χ1v) is 6.62. The van der Waals surface area contributed by atoms with Gasteiger partial charge >= 0.3 is 0 Å². The van der Waals surface area contributed by atoms with Crippen LogP contribution in [0.4, 0.5) is 5.69 Å². The quantitative estimate of drug-likeness (QED) is 0.841. The summed E-state index contributed by atoms with van der Waals surface area (Å²) in [5.41, 5.74) is 7.69. The number of thiocarbonyl (C=S) groups is 1. The highest BCUT2D eigenvalue weighted by Crippen LogP contribution is 2.31. The van der Waals surface area contributed by atoms with Gasteiger partial charge in [0.1, 0.15) is 4.99 Å². The molecule has 1 saturated carbocycles. The van der Waals surface area contributed by atoms with Gasteiger partial charge in [0.05, 0.1) is 0 Å². The van der Waals surface area contributed by atoms with E-state index < -0.39 is 0 Å². The molecule has 16 heavy (non-hydrogen) atoms. The Hall–Kier alpha value is -0.610. The molecule has 0 heterocycles. The van der Waals surface area contributed by atoms with E-state index in [9.17, 15) is 0 Å². The Labute approximate surface area is 110 Å². The third kappa shape index (κ3) is 2.55. The Morgan fingerprint density at radius 2 is 2.19 bits per heavy atom. The molecule has 2 rings (SSSR count). The maximum atomic E-state index is 5.72. The molecule has 1 fully saturated rings. The Balaban J connectivity index is 2.16. The lowest BCUT2D eigenvalue weighted by atomic mass is 9.81. The zero-order valence-corrected chi connectivity index (χ0v) is 11.6. The second-order valence-corrected chi connectivity index (χ2v) is 5.83. The number of nitrogens with two attached hydrogens (primary N) is 1. The molecule has 1 aliphatic rings. The van der Waals surface area contributed by atoms with E-state index in [1.54, 1.807) is 0 Å². The second kappa shape index (κ2) is 4.72. The van der Waals surface area contributed by atoms with Gasteiger partial charge in [-0.3, -0.25) is 0 Å². The highest BCUT2D eigenvalue weighted by atomic mass is 79.9. The van der Waals surface area contributed by atoms with Gasteiger partial charge in [-0.25, -0.2) is 0 Å². The Morgan fingerprint density at radius 1 is 1.50 bits per heavy atom. The first kappa shape index (κ1) is 11.9. The standard InChI is InChI=1S/C12H15BrN2S/c1-7-4-9(5-7)15-11-3-2-8(13)6-10(11)12(14)16/h2-3,6-7,9,15H,4-5H2,1H3,(H2,14,16). The Morgan fingerprint density at radius 3 is 2.75 bits per heavy atom. The van der Waals surface area contributed by atoms with Gasteiger partial charge < -0.3 is 11.1 Å². The van der Waals surface area contributed by atoms with Gasteiger partial charge in [-0.2, -0.15) is 0 Å². The normalized spacial score (nSPS) is 23.6. The molecule has 0 aliphatic heterocycles. The number of anilines is 1. The molecular formula is C12H15BrN2S. The van der Waals surface area contributed by atoms with Crippen LogP contribution < -0.4 is 11.1 Å². The minimum Gasteiger partial charge on any atom is -0.389 e. The molecule has 0 amide bonds. The van der Waals surface area contributed by atoms with Gasteiger partial charge in [0.15, 0.2) is 0 Å². The minimum atomic E-state index is 0.441. The lowest BCUT2D eigenvalue weighted by molar-refractivity contribution is 0.309. The van der Waals surface area contributed by atoms with Crippen LogP contribution in [0.15, 0.2) is 22.7 Å². The van der Waals surface area contributed by atoms with Crippen LogP contribution in [0, 0.1) is 5.92 Å². The summed E-state index contributed by atoms with van der Waals surface area (Å²) in [6, 6.07) is 6.57. The molecule has 1 aliphatic carbocycles. The fraction of sp³-hybridized carbons (Fsp3) is 0.417. The van der Waals surface area contributed by atoms with Crippen LogP contribution in [-0.2, 0) is 0 Å². The van der Waals surface area contributed by atoms with Crippen molar-refractivity contribution in [1.29, 1.82) is 0 Å². The second-order valence-electron chi connectivity index (χ2n) is 4.47. The summed E-state index contributed by atoms with van der Waals surface area (Å²) in [6.45, 7) is 2.27. The smallest absolute Gasteiger partial charge is 0.106 e. The fourth-order valence-electron chi connectivity index (χ4n) is 2.09. The monoisotopic (exact) mass is 298 g/mol. The zero-order chi connectivity index (χ0) is 11.7. The molecule has 1 aromatic rings. The first-order chi connectivity index (χ1) is 7.56. The van der Waals surface area contributed by atoms with Crippen molar-refractivity contribution < 1.29 is 0 Å². The maximum Gasteiger partial charge on any atom is 0.106 e. The molecule has 0 bridgehead atoms. The first-order valence-electron chi connectivity index (χ1n) is 5.42. The number of rotatable bonds is 3.